The van der Waals surface area contributed by atoms with Crippen LogP contribution in [-0.4, -0.2) is 52.6 Å². The van der Waals surface area contributed by atoms with E-state index in [2.05, 4.69) is 82.0 Å². The molecule has 0 saturated carbocycles. The minimum Gasteiger partial charge on any atom is -0.506 e. The van der Waals surface area contributed by atoms with Crippen LogP contribution in [0.2, 0.25) is 0 Å². The summed E-state index contributed by atoms with van der Waals surface area (Å²) in [4.78, 5) is 9.68. The lowest BCUT2D eigenvalue weighted by Crippen LogP contribution is -2.48. The average molecular weight is 428 g/mol. The summed E-state index contributed by atoms with van der Waals surface area (Å²) in [6.45, 7) is 9.21. The molecule has 0 radical (unpaired) electrons. The molecule has 4 rings (SSSR count). The number of pyridine rings is 1. The first-order valence-electron chi connectivity index (χ1n) is 11.6. The molecule has 166 valence electrons. The fourth-order valence-corrected chi connectivity index (χ4v) is 4.57. The van der Waals surface area contributed by atoms with Crippen molar-refractivity contribution in [2.24, 2.45) is 0 Å². The zero-order valence-electron chi connectivity index (χ0n) is 18.7. The largest absolute Gasteiger partial charge is 0.506 e. The lowest BCUT2D eigenvalue weighted by atomic mass is 9.96. The Balaban J connectivity index is 1.28. The maximum absolute atomic E-state index is 9.74. The van der Waals surface area contributed by atoms with Gasteiger partial charge in [-0.2, -0.15) is 0 Å². The third-order valence-corrected chi connectivity index (χ3v) is 6.31. The van der Waals surface area contributed by atoms with Crippen molar-refractivity contribution in [3.05, 3.63) is 102 Å². The lowest BCUT2D eigenvalue weighted by molar-refractivity contribution is 0.108. The Morgan fingerprint density at radius 1 is 0.844 bits per heavy atom. The minimum atomic E-state index is 0.200. The molecule has 0 aliphatic carbocycles. The molecule has 2 aromatic carbocycles. The summed E-state index contributed by atoms with van der Waals surface area (Å²) in [7, 11) is 0. The highest BCUT2D eigenvalue weighted by Gasteiger charge is 2.26. The zero-order chi connectivity index (χ0) is 22.2. The van der Waals surface area contributed by atoms with Gasteiger partial charge in [0.1, 0.15) is 11.4 Å². The highest BCUT2D eigenvalue weighted by molar-refractivity contribution is 5.50. The molecule has 0 unspecified atom stereocenters. The predicted octanol–water partition coefficient (Wildman–Crippen LogP) is 5.16. The molecule has 1 aliphatic heterocycles. The number of nitrogens with zero attached hydrogens (tertiary/aromatic N) is 3. The van der Waals surface area contributed by atoms with Crippen LogP contribution in [0.3, 0.4) is 0 Å². The maximum atomic E-state index is 9.74. The molecular formula is C28H33N3O. The highest BCUT2D eigenvalue weighted by atomic mass is 16.3. The summed E-state index contributed by atoms with van der Waals surface area (Å²) in [5.74, 6) is 0.200. The first-order chi connectivity index (χ1) is 15.7. The topological polar surface area (TPSA) is 39.6 Å². The number of rotatable bonds is 9. The second kappa shape index (κ2) is 11.1. The van der Waals surface area contributed by atoms with Gasteiger partial charge in [-0.3, -0.25) is 4.90 Å². The molecular weight excluding hydrogens is 394 g/mol. The van der Waals surface area contributed by atoms with Crippen molar-refractivity contribution in [1.29, 1.82) is 0 Å². The van der Waals surface area contributed by atoms with E-state index in [0.29, 0.717) is 11.7 Å². The number of aryl methyl sites for hydroxylation is 1. The zero-order valence-corrected chi connectivity index (χ0v) is 18.7. The van der Waals surface area contributed by atoms with Crippen LogP contribution >= 0.6 is 0 Å². The van der Waals surface area contributed by atoms with E-state index < -0.39 is 0 Å². The molecule has 3 aromatic rings. The lowest BCUT2D eigenvalue weighted by Gasteiger charge is -2.39. The number of unbranched alkanes of at least 4 members (excludes halogenated alkanes) is 1. The molecule has 0 bridgehead atoms. The van der Waals surface area contributed by atoms with Gasteiger partial charge in [0.05, 0.1) is 6.04 Å². The van der Waals surface area contributed by atoms with Crippen LogP contribution in [0.25, 0.3) is 6.08 Å². The molecule has 1 N–H and O–H groups in total. The SMILES string of the molecule is C=Cc1nc(CCCCN2CCN(C(c3ccccc3)c3ccccc3)CC2)ccc1O. The first kappa shape index (κ1) is 22.3. The van der Waals surface area contributed by atoms with Crippen LogP contribution in [0.1, 0.15) is 41.4 Å². The third-order valence-electron chi connectivity index (χ3n) is 6.31. The maximum Gasteiger partial charge on any atom is 0.141 e. The van der Waals surface area contributed by atoms with Gasteiger partial charge in [0.25, 0.3) is 0 Å². The van der Waals surface area contributed by atoms with Gasteiger partial charge in [0.2, 0.25) is 0 Å². The van der Waals surface area contributed by atoms with Gasteiger partial charge < -0.3 is 10.0 Å². The van der Waals surface area contributed by atoms with Gasteiger partial charge >= 0.3 is 0 Å². The Labute approximate surface area is 191 Å². The molecule has 0 spiro atoms. The molecule has 4 nitrogen and oxygen atoms in total. The number of hydrogen-bond donors (Lipinski definition) is 1. The van der Waals surface area contributed by atoms with E-state index in [-0.39, 0.29) is 5.75 Å². The molecule has 1 fully saturated rings. The monoisotopic (exact) mass is 427 g/mol. The van der Waals surface area contributed by atoms with E-state index in [0.717, 1.165) is 57.7 Å². The number of benzene rings is 2. The normalized spacial score (nSPS) is 15.2. The summed E-state index contributed by atoms with van der Waals surface area (Å²) >= 11 is 0. The summed E-state index contributed by atoms with van der Waals surface area (Å²) in [6, 6.07) is 25.7. The summed E-state index contributed by atoms with van der Waals surface area (Å²) in [5.41, 5.74) is 4.33. The number of aromatic nitrogens is 1. The molecule has 0 atom stereocenters. The fourth-order valence-electron chi connectivity index (χ4n) is 4.57. The van der Waals surface area contributed by atoms with Crippen LogP contribution in [-0.2, 0) is 6.42 Å². The molecule has 2 heterocycles. The second-order valence-corrected chi connectivity index (χ2v) is 8.47. The summed E-state index contributed by atoms with van der Waals surface area (Å²) in [6.07, 6.45) is 4.81. The molecule has 1 aromatic heterocycles. The van der Waals surface area contributed by atoms with Crippen LogP contribution in [0.5, 0.6) is 5.75 Å². The first-order valence-corrected chi connectivity index (χ1v) is 11.6. The molecule has 0 amide bonds. The Kier molecular flexibility index (Phi) is 7.70. The van der Waals surface area contributed by atoms with Crippen LogP contribution in [0.4, 0.5) is 0 Å². The number of hydrogen-bond acceptors (Lipinski definition) is 4. The van der Waals surface area contributed by atoms with Gasteiger partial charge in [-0.15, -0.1) is 0 Å². The van der Waals surface area contributed by atoms with E-state index >= 15 is 0 Å². The van der Waals surface area contributed by atoms with E-state index in [1.54, 1.807) is 12.1 Å². The fraction of sp³-hybridized carbons (Fsp3) is 0.321. The van der Waals surface area contributed by atoms with Crippen molar-refractivity contribution >= 4 is 6.08 Å². The van der Waals surface area contributed by atoms with Gasteiger partial charge in [0, 0.05) is 31.9 Å². The number of piperazine rings is 1. The Morgan fingerprint density at radius 2 is 1.47 bits per heavy atom. The van der Waals surface area contributed by atoms with Gasteiger partial charge in [0.15, 0.2) is 0 Å². The molecule has 1 aliphatic rings. The van der Waals surface area contributed by atoms with Crippen molar-refractivity contribution in [1.82, 2.24) is 14.8 Å². The minimum absolute atomic E-state index is 0.200. The van der Waals surface area contributed by atoms with E-state index in [1.165, 1.54) is 11.1 Å². The standard InChI is InChI=1S/C28H33N3O/c1-2-26-27(32)17-16-25(29-26)15-9-10-18-30-19-21-31(22-20-30)28(23-11-5-3-6-12-23)24-13-7-4-8-14-24/h2-8,11-14,16-17,28,32H,1,9-10,15,18-22H2. The summed E-state index contributed by atoms with van der Waals surface area (Å²) < 4.78 is 0. The van der Waals surface area contributed by atoms with E-state index in [1.807, 2.05) is 6.07 Å². The van der Waals surface area contributed by atoms with E-state index in [4.69, 9.17) is 0 Å². The van der Waals surface area contributed by atoms with Crippen LogP contribution in [0.15, 0.2) is 79.4 Å². The average Bonchev–Trinajstić information content (AvgIpc) is 2.85. The Bertz CT molecular complexity index is 943. The van der Waals surface area contributed by atoms with Crippen molar-refractivity contribution in [3.8, 4) is 5.75 Å². The van der Waals surface area contributed by atoms with Crippen molar-refractivity contribution < 1.29 is 5.11 Å². The number of aromatic hydroxyl groups is 1. The smallest absolute Gasteiger partial charge is 0.141 e. The van der Waals surface area contributed by atoms with Crippen LogP contribution in [0, 0.1) is 0 Å². The predicted molar refractivity (Wildman–Crippen MR) is 132 cm³/mol. The van der Waals surface area contributed by atoms with Crippen molar-refractivity contribution in [3.63, 3.8) is 0 Å². The molecule has 4 heteroatoms. The van der Waals surface area contributed by atoms with Gasteiger partial charge in [-0.05, 0) is 55.1 Å². The Morgan fingerprint density at radius 3 is 2.06 bits per heavy atom. The molecule has 1 saturated heterocycles. The Hall–Kier alpha value is -2.95. The van der Waals surface area contributed by atoms with Crippen LogP contribution < -0.4 is 0 Å². The third kappa shape index (κ3) is 5.64. The second-order valence-electron chi connectivity index (χ2n) is 8.47. The van der Waals surface area contributed by atoms with Crippen molar-refractivity contribution in [2.75, 3.05) is 32.7 Å². The highest BCUT2D eigenvalue weighted by Crippen LogP contribution is 2.29. The van der Waals surface area contributed by atoms with Gasteiger partial charge in [-0.1, -0.05) is 67.2 Å². The van der Waals surface area contributed by atoms with Crippen molar-refractivity contribution in [2.45, 2.75) is 25.3 Å². The quantitative estimate of drug-likeness (QED) is 0.479. The van der Waals surface area contributed by atoms with E-state index in [9.17, 15) is 5.11 Å². The van der Waals surface area contributed by atoms with Gasteiger partial charge in [-0.25, -0.2) is 4.98 Å². The summed E-state index contributed by atoms with van der Waals surface area (Å²) in [5, 5.41) is 9.74. The molecule has 32 heavy (non-hydrogen) atoms.